The van der Waals surface area contributed by atoms with Crippen LogP contribution >= 0.6 is 34.5 Å². The van der Waals surface area contributed by atoms with E-state index in [1.807, 2.05) is 30.7 Å². The van der Waals surface area contributed by atoms with Gasteiger partial charge in [-0.05, 0) is 61.7 Å². The second-order valence-electron chi connectivity index (χ2n) is 7.14. The molecule has 0 spiro atoms. The molecule has 0 aliphatic carbocycles. The van der Waals surface area contributed by atoms with Crippen LogP contribution < -0.4 is 4.80 Å². The lowest BCUT2D eigenvalue weighted by atomic mass is 10.2. The quantitative estimate of drug-likeness (QED) is 0.561. The van der Waals surface area contributed by atoms with Gasteiger partial charge in [-0.3, -0.25) is 4.79 Å². The topological polar surface area (TPSA) is 71.7 Å². The van der Waals surface area contributed by atoms with E-state index in [2.05, 4.69) is 4.99 Å². The third kappa shape index (κ3) is 3.71. The Labute approximate surface area is 188 Å². The molecular weight excluding hydrogens is 465 g/mol. The fourth-order valence-electron chi connectivity index (χ4n) is 3.70. The molecule has 2 heterocycles. The van der Waals surface area contributed by atoms with Crippen molar-refractivity contribution in [1.29, 1.82) is 0 Å². The zero-order chi connectivity index (χ0) is 21.6. The standard InChI is InChI=1S/C20H19Cl2N3O3S2/c1-12-15(22)9-10-17-18(12)24(2)20(29-17)23-19(26)16-4-3-11-25(16)30(27,28)14-7-5-13(21)6-8-14/h5-10,16H,3-4,11H2,1-2H3. The van der Waals surface area contributed by atoms with E-state index in [4.69, 9.17) is 23.2 Å². The van der Waals surface area contributed by atoms with Gasteiger partial charge in [0, 0.05) is 23.6 Å². The maximum absolute atomic E-state index is 13.1. The van der Waals surface area contributed by atoms with Gasteiger partial charge in [-0.15, -0.1) is 0 Å². The van der Waals surface area contributed by atoms with Crippen molar-refractivity contribution < 1.29 is 13.2 Å². The molecule has 1 aliphatic heterocycles. The minimum absolute atomic E-state index is 0.115. The van der Waals surface area contributed by atoms with E-state index in [9.17, 15) is 13.2 Å². The molecule has 4 rings (SSSR count). The first-order chi connectivity index (χ1) is 14.2. The van der Waals surface area contributed by atoms with E-state index < -0.39 is 22.0 Å². The highest BCUT2D eigenvalue weighted by atomic mass is 35.5. The van der Waals surface area contributed by atoms with Gasteiger partial charge in [0.2, 0.25) is 10.0 Å². The summed E-state index contributed by atoms with van der Waals surface area (Å²) in [4.78, 5) is 17.9. The zero-order valence-electron chi connectivity index (χ0n) is 16.3. The molecule has 1 aromatic heterocycles. The Hall–Kier alpha value is -1.71. The smallest absolute Gasteiger partial charge is 0.266 e. The van der Waals surface area contributed by atoms with E-state index >= 15 is 0 Å². The summed E-state index contributed by atoms with van der Waals surface area (Å²) >= 11 is 13.5. The van der Waals surface area contributed by atoms with Crippen LogP contribution in [0.1, 0.15) is 18.4 Å². The van der Waals surface area contributed by atoms with Crippen LogP contribution in [0.3, 0.4) is 0 Å². The Kier molecular flexibility index (Phi) is 5.80. The Morgan fingerprint density at radius 2 is 1.87 bits per heavy atom. The fraction of sp³-hybridized carbons (Fsp3) is 0.300. The fourth-order valence-corrected chi connectivity index (χ4v) is 6.71. The minimum Gasteiger partial charge on any atom is -0.319 e. The van der Waals surface area contributed by atoms with Crippen LogP contribution in [-0.2, 0) is 21.9 Å². The number of aromatic nitrogens is 1. The van der Waals surface area contributed by atoms with Crippen LogP contribution in [0, 0.1) is 6.92 Å². The number of rotatable bonds is 3. The van der Waals surface area contributed by atoms with Crippen LogP contribution in [-0.4, -0.2) is 35.8 Å². The van der Waals surface area contributed by atoms with Crippen molar-refractivity contribution in [3.8, 4) is 0 Å². The van der Waals surface area contributed by atoms with Gasteiger partial charge in [0.05, 0.1) is 15.1 Å². The Bertz CT molecular complexity index is 1310. The molecule has 6 nitrogen and oxygen atoms in total. The number of aryl methyl sites for hydroxylation is 2. The molecule has 10 heteroatoms. The molecule has 0 saturated carbocycles. The van der Waals surface area contributed by atoms with Crippen molar-refractivity contribution in [1.82, 2.24) is 8.87 Å². The predicted octanol–water partition coefficient (Wildman–Crippen LogP) is 4.14. The lowest BCUT2D eigenvalue weighted by Crippen LogP contribution is -2.40. The molecule has 0 bridgehead atoms. The monoisotopic (exact) mass is 483 g/mol. The molecule has 3 aromatic rings. The van der Waals surface area contributed by atoms with Crippen LogP contribution in [0.15, 0.2) is 46.3 Å². The van der Waals surface area contributed by atoms with Gasteiger partial charge in [0.1, 0.15) is 6.04 Å². The second kappa shape index (κ2) is 8.09. The molecule has 1 atom stereocenters. The maximum atomic E-state index is 13.1. The second-order valence-corrected chi connectivity index (χ2v) is 10.9. The highest BCUT2D eigenvalue weighted by Gasteiger charge is 2.39. The van der Waals surface area contributed by atoms with Crippen molar-refractivity contribution in [3.63, 3.8) is 0 Å². The van der Waals surface area contributed by atoms with Crippen molar-refractivity contribution in [2.75, 3.05) is 6.54 Å². The summed E-state index contributed by atoms with van der Waals surface area (Å²) in [6.45, 7) is 2.20. The first-order valence-corrected chi connectivity index (χ1v) is 12.3. The molecular formula is C20H19Cl2N3O3S2. The molecule has 0 radical (unpaired) electrons. The molecule has 1 aliphatic rings. The van der Waals surface area contributed by atoms with Gasteiger partial charge in [-0.2, -0.15) is 9.30 Å². The summed E-state index contributed by atoms with van der Waals surface area (Å²) in [7, 11) is -1.99. The van der Waals surface area contributed by atoms with Crippen LogP contribution in [0.2, 0.25) is 10.0 Å². The number of nitrogens with zero attached hydrogens (tertiary/aromatic N) is 3. The minimum atomic E-state index is -3.82. The summed E-state index contributed by atoms with van der Waals surface area (Å²) in [5.41, 5.74) is 1.82. The molecule has 158 valence electrons. The summed E-state index contributed by atoms with van der Waals surface area (Å²) in [5.74, 6) is -0.462. The van der Waals surface area contributed by atoms with Crippen molar-refractivity contribution in [2.45, 2.75) is 30.7 Å². The maximum Gasteiger partial charge on any atom is 0.266 e. The molecule has 2 aromatic carbocycles. The Morgan fingerprint density at radius 3 is 2.57 bits per heavy atom. The Morgan fingerprint density at radius 1 is 1.17 bits per heavy atom. The SMILES string of the molecule is Cc1c(Cl)ccc2sc(=NC(=O)C3CCCN3S(=O)(=O)c3ccc(Cl)cc3)n(C)c12. The normalized spacial score (nSPS) is 18.4. The molecule has 1 saturated heterocycles. The average Bonchev–Trinajstić information content (AvgIpc) is 3.32. The molecule has 1 unspecified atom stereocenters. The number of halogens is 2. The lowest BCUT2D eigenvalue weighted by molar-refractivity contribution is -0.121. The van der Waals surface area contributed by atoms with Crippen molar-refractivity contribution in [2.24, 2.45) is 12.0 Å². The number of thiazole rings is 1. The van der Waals surface area contributed by atoms with E-state index in [0.717, 1.165) is 15.8 Å². The average molecular weight is 484 g/mol. The van der Waals surface area contributed by atoms with E-state index in [1.165, 1.54) is 39.9 Å². The van der Waals surface area contributed by atoms with Crippen molar-refractivity contribution >= 4 is 60.7 Å². The first kappa shape index (κ1) is 21.5. The zero-order valence-corrected chi connectivity index (χ0v) is 19.4. The number of benzene rings is 2. The highest BCUT2D eigenvalue weighted by Crippen LogP contribution is 2.29. The lowest BCUT2D eigenvalue weighted by Gasteiger charge is -2.21. The highest BCUT2D eigenvalue weighted by molar-refractivity contribution is 7.89. The number of carbonyl (C=O) groups is 1. The summed E-state index contributed by atoms with van der Waals surface area (Å²) in [6.07, 6.45) is 1.04. The van der Waals surface area contributed by atoms with Gasteiger partial charge in [0.25, 0.3) is 5.91 Å². The number of hydrogen-bond acceptors (Lipinski definition) is 4. The number of amides is 1. The van der Waals surface area contributed by atoms with Crippen molar-refractivity contribution in [3.05, 3.63) is 56.8 Å². The number of hydrogen-bond donors (Lipinski definition) is 0. The predicted molar refractivity (Wildman–Crippen MR) is 119 cm³/mol. The van der Waals surface area contributed by atoms with Gasteiger partial charge in [0.15, 0.2) is 4.80 Å². The van der Waals surface area contributed by atoms with Gasteiger partial charge in [-0.1, -0.05) is 34.5 Å². The summed E-state index contributed by atoms with van der Waals surface area (Å²) < 4.78 is 30.2. The van der Waals surface area contributed by atoms with E-state index in [1.54, 1.807) is 0 Å². The van der Waals surface area contributed by atoms with E-state index in [0.29, 0.717) is 27.7 Å². The Balaban J connectivity index is 1.71. The van der Waals surface area contributed by atoms with Crippen LogP contribution in [0.5, 0.6) is 0 Å². The third-order valence-corrected chi connectivity index (χ3v) is 8.95. The molecule has 1 fully saturated rings. The molecule has 1 amide bonds. The van der Waals surface area contributed by atoms with Gasteiger partial charge < -0.3 is 4.57 Å². The molecule has 30 heavy (non-hydrogen) atoms. The number of carbonyl (C=O) groups excluding carboxylic acids is 1. The number of sulfonamides is 1. The van der Waals surface area contributed by atoms with E-state index in [-0.39, 0.29) is 11.4 Å². The van der Waals surface area contributed by atoms with Crippen LogP contribution in [0.4, 0.5) is 0 Å². The van der Waals surface area contributed by atoms with Gasteiger partial charge in [-0.25, -0.2) is 8.42 Å². The third-order valence-electron chi connectivity index (χ3n) is 5.27. The summed E-state index contributed by atoms with van der Waals surface area (Å²) in [5, 5.41) is 1.09. The largest absolute Gasteiger partial charge is 0.319 e. The first-order valence-electron chi connectivity index (χ1n) is 9.31. The number of fused-ring (bicyclic) bond motifs is 1. The summed E-state index contributed by atoms with van der Waals surface area (Å²) in [6, 6.07) is 8.85. The van der Waals surface area contributed by atoms with Gasteiger partial charge >= 0.3 is 0 Å². The van der Waals surface area contributed by atoms with Crippen LogP contribution in [0.25, 0.3) is 10.2 Å². The molecule has 0 N–H and O–H groups in total.